The van der Waals surface area contributed by atoms with Crippen LogP contribution in [0.2, 0.25) is 0 Å². The summed E-state index contributed by atoms with van der Waals surface area (Å²) in [7, 11) is 0. The summed E-state index contributed by atoms with van der Waals surface area (Å²) in [5.74, 6) is -2.29. The quantitative estimate of drug-likeness (QED) is 0.630. The molecule has 0 fully saturated rings. The van der Waals surface area contributed by atoms with Gasteiger partial charge in [0, 0.05) is 34.9 Å². The first-order valence-corrected chi connectivity index (χ1v) is 10.3. The normalized spacial score (nSPS) is 15.0. The molecule has 1 aliphatic rings. The number of rotatable bonds is 6. The first-order chi connectivity index (χ1) is 13.4. The Labute approximate surface area is 167 Å². The first kappa shape index (κ1) is 20.8. The van der Waals surface area contributed by atoms with Gasteiger partial charge in [-0.15, -0.1) is 0 Å². The van der Waals surface area contributed by atoms with Crippen molar-refractivity contribution in [3.05, 3.63) is 46.8 Å². The number of benzene rings is 1. The molecular weight excluding hydrogens is 384 g/mol. The summed E-state index contributed by atoms with van der Waals surface area (Å²) in [6.45, 7) is 4.54. The fourth-order valence-electron chi connectivity index (χ4n) is 3.41. The van der Waals surface area contributed by atoms with E-state index in [-0.39, 0.29) is 24.2 Å². The van der Waals surface area contributed by atoms with Crippen LogP contribution in [0, 0.1) is 18.6 Å². The lowest BCUT2D eigenvalue weighted by Crippen LogP contribution is -2.23. The van der Waals surface area contributed by atoms with Gasteiger partial charge in [0.05, 0.1) is 6.61 Å². The summed E-state index contributed by atoms with van der Waals surface area (Å²) in [5, 5.41) is 12.0. The Balaban J connectivity index is 1.93. The molecule has 5 nitrogen and oxygen atoms in total. The van der Waals surface area contributed by atoms with E-state index in [0.717, 1.165) is 60.5 Å². The van der Waals surface area contributed by atoms with Crippen LogP contribution in [0.5, 0.6) is 0 Å². The van der Waals surface area contributed by atoms with E-state index in [2.05, 4.69) is 10.0 Å². The molecule has 1 aromatic heterocycles. The Kier molecular flexibility index (Phi) is 6.74. The molecule has 3 N–H and O–H groups in total. The fraction of sp³-hybridized carbons (Fsp3) is 0.450. The summed E-state index contributed by atoms with van der Waals surface area (Å²) < 4.78 is 31.9. The number of nitrogens with zero attached hydrogens (tertiary/aromatic N) is 1. The molecule has 1 amide bonds. The van der Waals surface area contributed by atoms with Crippen molar-refractivity contribution in [1.82, 2.24) is 9.29 Å². The molecule has 152 valence electrons. The van der Waals surface area contributed by atoms with E-state index in [9.17, 15) is 18.7 Å². The second kappa shape index (κ2) is 9.07. The van der Waals surface area contributed by atoms with Crippen molar-refractivity contribution in [2.75, 3.05) is 11.9 Å². The second-order valence-electron chi connectivity index (χ2n) is 7.10. The molecule has 8 heteroatoms. The highest BCUT2D eigenvalue weighted by Crippen LogP contribution is 2.34. The van der Waals surface area contributed by atoms with Gasteiger partial charge in [0.1, 0.15) is 5.69 Å². The van der Waals surface area contributed by atoms with Crippen molar-refractivity contribution >= 4 is 23.5 Å². The van der Waals surface area contributed by atoms with Crippen molar-refractivity contribution < 1.29 is 18.7 Å². The SMILES string of the molecule is Cc1c(SNC(C)CO)c2n(c1C(=O)Nc1ccc(F)c(F)c1)CCCCC2. The minimum absolute atomic E-state index is 0.0194. The number of aliphatic hydroxyl groups is 1. The average molecular weight is 410 g/mol. The minimum Gasteiger partial charge on any atom is -0.395 e. The molecule has 0 saturated carbocycles. The maximum atomic E-state index is 13.5. The number of hydrogen-bond donors (Lipinski definition) is 3. The third-order valence-electron chi connectivity index (χ3n) is 4.88. The lowest BCUT2D eigenvalue weighted by atomic mass is 10.1. The lowest BCUT2D eigenvalue weighted by Gasteiger charge is -2.12. The molecule has 28 heavy (non-hydrogen) atoms. The topological polar surface area (TPSA) is 66.3 Å². The molecule has 1 aromatic carbocycles. The zero-order valence-electron chi connectivity index (χ0n) is 16.0. The number of halogens is 2. The molecule has 0 bridgehead atoms. The van der Waals surface area contributed by atoms with Gasteiger partial charge in [0.15, 0.2) is 11.6 Å². The molecular formula is C20H25F2N3O2S. The minimum atomic E-state index is -0.998. The van der Waals surface area contributed by atoms with E-state index in [1.54, 1.807) is 0 Å². The highest BCUT2D eigenvalue weighted by Gasteiger charge is 2.26. The van der Waals surface area contributed by atoms with E-state index in [1.807, 2.05) is 18.4 Å². The summed E-state index contributed by atoms with van der Waals surface area (Å²) >= 11 is 1.43. The van der Waals surface area contributed by atoms with Crippen molar-refractivity contribution in [3.63, 3.8) is 0 Å². The molecule has 0 spiro atoms. The van der Waals surface area contributed by atoms with Gasteiger partial charge in [-0.3, -0.25) is 9.52 Å². The summed E-state index contributed by atoms with van der Waals surface area (Å²) in [4.78, 5) is 14.0. The molecule has 1 aliphatic heterocycles. The zero-order valence-corrected chi connectivity index (χ0v) is 16.8. The highest BCUT2D eigenvalue weighted by atomic mass is 32.2. The average Bonchev–Trinajstić information content (AvgIpc) is 2.80. The molecule has 3 rings (SSSR count). The Bertz CT molecular complexity index is 870. The number of carbonyl (C=O) groups is 1. The maximum absolute atomic E-state index is 13.5. The largest absolute Gasteiger partial charge is 0.395 e. The van der Waals surface area contributed by atoms with Crippen molar-refractivity contribution in [1.29, 1.82) is 0 Å². The first-order valence-electron chi connectivity index (χ1n) is 9.44. The third-order valence-corrected chi connectivity index (χ3v) is 6.14. The van der Waals surface area contributed by atoms with Crippen LogP contribution in [-0.4, -0.2) is 28.2 Å². The molecule has 0 saturated heterocycles. The predicted molar refractivity (Wildman–Crippen MR) is 107 cm³/mol. The number of aromatic nitrogens is 1. The molecule has 2 heterocycles. The number of aliphatic hydroxyl groups excluding tert-OH is 1. The van der Waals surface area contributed by atoms with Crippen LogP contribution in [0.1, 0.15) is 47.9 Å². The van der Waals surface area contributed by atoms with Crippen LogP contribution < -0.4 is 10.0 Å². The number of amides is 1. The Morgan fingerprint density at radius 1 is 1.29 bits per heavy atom. The van der Waals surface area contributed by atoms with Gasteiger partial charge >= 0.3 is 0 Å². The van der Waals surface area contributed by atoms with E-state index in [1.165, 1.54) is 18.0 Å². The molecule has 0 aliphatic carbocycles. The Hall–Kier alpha value is -1.90. The summed E-state index contributed by atoms with van der Waals surface area (Å²) in [6.07, 6.45) is 4.00. The van der Waals surface area contributed by atoms with Gasteiger partial charge in [-0.25, -0.2) is 8.78 Å². The van der Waals surface area contributed by atoms with Gasteiger partial charge in [0.25, 0.3) is 5.91 Å². The zero-order chi connectivity index (χ0) is 20.3. The summed E-state index contributed by atoms with van der Waals surface area (Å²) in [6, 6.07) is 3.25. The predicted octanol–water partition coefficient (Wildman–Crippen LogP) is 4.03. The van der Waals surface area contributed by atoms with Crippen LogP contribution in [0.25, 0.3) is 0 Å². The van der Waals surface area contributed by atoms with E-state index < -0.39 is 11.6 Å². The maximum Gasteiger partial charge on any atom is 0.272 e. The van der Waals surface area contributed by atoms with Crippen molar-refractivity contribution in [2.45, 2.75) is 57.0 Å². The van der Waals surface area contributed by atoms with E-state index >= 15 is 0 Å². The standard InChI is InChI=1S/C20H25F2N3O2S/c1-12(11-26)24-28-19-13(2)18(25-9-5-3-4-6-17(19)25)20(27)23-14-7-8-15(21)16(22)10-14/h7-8,10,12,24,26H,3-6,9,11H2,1-2H3,(H,23,27). The Morgan fingerprint density at radius 3 is 2.79 bits per heavy atom. The van der Waals surface area contributed by atoms with Crippen molar-refractivity contribution in [3.8, 4) is 0 Å². The number of hydrogen-bond acceptors (Lipinski definition) is 4. The second-order valence-corrected chi connectivity index (χ2v) is 7.95. The monoisotopic (exact) mass is 409 g/mol. The molecule has 0 radical (unpaired) electrons. The third kappa shape index (κ3) is 4.39. The molecule has 1 atom stereocenters. The van der Waals surface area contributed by atoms with E-state index in [4.69, 9.17) is 0 Å². The molecule has 2 aromatic rings. The number of fused-ring (bicyclic) bond motifs is 1. The van der Waals surface area contributed by atoms with Crippen LogP contribution in [-0.2, 0) is 13.0 Å². The number of nitrogens with one attached hydrogen (secondary N) is 2. The number of carbonyl (C=O) groups excluding carboxylic acids is 1. The van der Waals surface area contributed by atoms with Gasteiger partial charge in [0.2, 0.25) is 0 Å². The van der Waals surface area contributed by atoms with Gasteiger partial charge in [-0.1, -0.05) is 6.42 Å². The lowest BCUT2D eigenvalue weighted by molar-refractivity contribution is 0.101. The van der Waals surface area contributed by atoms with Crippen LogP contribution in [0.4, 0.5) is 14.5 Å². The summed E-state index contributed by atoms with van der Waals surface area (Å²) in [5.41, 5.74) is 2.71. The van der Waals surface area contributed by atoms with Gasteiger partial charge < -0.3 is 15.0 Å². The van der Waals surface area contributed by atoms with Crippen LogP contribution in [0.15, 0.2) is 23.1 Å². The smallest absolute Gasteiger partial charge is 0.272 e. The fourth-order valence-corrected chi connectivity index (χ4v) is 4.38. The molecule has 1 unspecified atom stereocenters. The highest BCUT2D eigenvalue weighted by molar-refractivity contribution is 7.97. The van der Waals surface area contributed by atoms with Gasteiger partial charge in [-0.2, -0.15) is 0 Å². The van der Waals surface area contributed by atoms with Gasteiger partial charge in [-0.05, 0) is 62.8 Å². The van der Waals surface area contributed by atoms with Crippen LogP contribution in [0.3, 0.4) is 0 Å². The van der Waals surface area contributed by atoms with E-state index in [0.29, 0.717) is 5.69 Å². The van der Waals surface area contributed by atoms with Crippen molar-refractivity contribution in [2.24, 2.45) is 0 Å². The Morgan fingerprint density at radius 2 is 2.07 bits per heavy atom. The number of anilines is 1. The van der Waals surface area contributed by atoms with Crippen LogP contribution >= 0.6 is 11.9 Å².